The van der Waals surface area contributed by atoms with Gasteiger partial charge in [-0.05, 0) is 25.8 Å². The molecule has 0 radical (unpaired) electrons. The quantitative estimate of drug-likeness (QED) is 0.945. The van der Waals surface area contributed by atoms with E-state index >= 15 is 0 Å². The van der Waals surface area contributed by atoms with E-state index in [0.717, 1.165) is 35.7 Å². The number of aromatic amines is 1. The fourth-order valence-electron chi connectivity index (χ4n) is 2.54. The summed E-state index contributed by atoms with van der Waals surface area (Å²) in [6.07, 6.45) is 4.13. The van der Waals surface area contributed by atoms with Gasteiger partial charge in [-0.25, -0.2) is 4.98 Å². The first-order chi connectivity index (χ1) is 10.1. The van der Waals surface area contributed by atoms with E-state index in [1.54, 1.807) is 16.2 Å². The van der Waals surface area contributed by atoms with Crippen LogP contribution in [0.3, 0.4) is 0 Å². The van der Waals surface area contributed by atoms with Crippen molar-refractivity contribution in [2.24, 2.45) is 0 Å². The Morgan fingerprint density at radius 1 is 1.62 bits per heavy atom. The highest BCUT2D eigenvalue weighted by atomic mass is 32.1. The van der Waals surface area contributed by atoms with Crippen molar-refractivity contribution >= 4 is 17.2 Å². The normalized spacial score (nSPS) is 18.1. The first-order valence-corrected chi connectivity index (χ1v) is 7.99. The predicted molar refractivity (Wildman–Crippen MR) is 82.6 cm³/mol. The first kappa shape index (κ1) is 14.3. The monoisotopic (exact) mass is 305 g/mol. The molecule has 1 aliphatic heterocycles. The number of ether oxygens (including phenoxy) is 1. The number of nitrogens with zero attached hydrogens (tertiary/aromatic N) is 2. The van der Waals surface area contributed by atoms with Gasteiger partial charge in [0, 0.05) is 37.3 Å². The minimum absolute atomic E-state index is 0.0105. The number of nitrogens with one attached hydrogen (secondary N) is 1. The molecule has 0 bridgehead atoms. The summed E-state index contributed by atoms with van der Waals surface area (Å²) in [5.41, 5.74) is 2.46. The molecule has 0 aliphatic carbocycles. The molecule has 0 aromatic carbocycles. The average Bonchev–Trinajstić information content (AvgIpc) is 3.17. The van der Waals surface area contributed by atoms with Crippen LogP contribution < -0.4 is 0 Å². The maximum atomic E-state index is 12.4. The second kappa shape index (κ2) is 5.99. The van der Waals surface area contributed by atoms with E-state index in [9.17, 15) is 4.79 Å². The van der Waals surface area contributed by atoms with E-state index in [1.165, 1.54) is 0 Å². The Balaban J connectivity index is 1.68. The largest absolute Gasteiger partial charge is 0.376 e. The van der Waals surface area contributed by atoms with E-state index in [2.05, 4.69) is 9.97 Å². The van der Waals surface area contributed by atoms with Crippen LogP contribution in [0.5, 0.6) is 0 Å². The summed E-state index contributed by atoms with van der Waals surface area (Å²) in [5, 5.41) is 3.03. The zero-order chi connectivity index (χ0) is 14.8. The Labute approximate surface area is 128 Å². The number of carbonyl (C=O) groups excluding carboxylic acids is 1. The van der Waals surface area contributed by atoms with Crippen molar-refractivity contribution in [3.8, 4) is 11.3 Å². The molecule has 0 spiro atoms. The Bertz CT molecular complexity index is 628. The minimum atomic E-state index is -0.0105. The topological polar surface area (TPSA) is 58.2 Å². The number of thiazole rings is 1. The molecule has 2 aromatic heterocycles. The highest BCUT2D eigenvalue weighted by molar-refractivity contribution is 7.09. The molecule has 1 atom stereocenters. The van der Waals surface area contributed by atoms with Gasteiger partial charge in [-0.1, -0.05) is 0 Å². The van der Waals surface area contributed by atoms with Crippen LogP contribution in [0.1, 0.15) is 28.3 Å². The van der Waals surface area contributed by atoms with Gasteiger partial charge in [0.2, 0.25) is 0 Å². The zero-order valence-corrected chi connectivity index (χ0v) is 13.1. The number of hydrogen-bond donors (Lipinski definition) is 1. The number of H-pyrrole nitrogens is 1. The van der Waals surface area contributed by atoms with Crippen LogP contribution in [0, 0.1) is 6.92 Å². The third-order valence-electron chi connectivity index (χ3n) is 3.68. The summed E-state index contributed by atoms with van der Waals surface area (Å²) < 4.78 is 5.57. The number of aromatic nitrogens is 2. The van der Waals surface area contributed by atoms with Gasteiger partial charge in [-0.2, -0.15) is 0 Å². The Morgan fingerprint density at radius 3 is 3.14 bits per heavy atom. The molecule has 112 valence electrons. The van der Waals surface area contributed by atoms with E-state index in [4.69, 9.17) is 4.74 Å². The molecule has 1 aliphatic rings. The van der Waals surface area contributed by atoms with Gasteiger partial charge in [0.1, 0.15) is 5.69 Å². The van der Waals surface area contributed by atoms with Crippen molar-refractivity contribution in [3.63, 3.8) is 0 Å². The molecule has 0 saturated carbocycles. The number of amides is 1. The van der Waals surface area contributed by atoms with Crippen LogP contribution in [0.2, 0.25) is 0 Å². The van der Waals surface area contributed by atoms with Gasteiger partial charge >= 0.3 is 0 Å². The summed E-state index contributed by atoms with van der Waals surface area (Å²) in [6, 6.07) is 1.86. The van der Waals surface area contributed by atoms with E-state index in [0.29, 0.717) is 12.2 Å². The van der Waals surface area contributed by atoms with Crippen molar-refractivity contribution in [2.75, 3.05) is 20.2 Å². The molecular weight excluding hydrogens is 286 g/mol. The van der Waals surface area contributed by atoms with Crippen LogP contribution in [0.25, 0.3) is 11.3 Å². The lowest BCUT2D eigenvalue weighted by Crippen LogP contribution is -2.34. The maximum absolute atomic E-state index is 12.4. The Morgan fingerprint density at radius 2 is 2.48 bits per heavy atom. The van der Waals surface area contributed by atoms with E-state index in [-0.39, 0.29) is 12.0 Å². The van der Waals surface area contributed by atoms with Gasteiger partial charge in [0.15, 0.2) is 0 Å². The highest BCUT2D eigenvalue weighted by Gasteiger charge is 2.21. The molecule has 1 fully saturated rings. The number of hydrogen-bond acceptors (Lipinski definition) is 4. The average molecular weight is 305 g/mol. The minimum Gasteiger partial charge on any atom is -0.376 e. The van der Waals surface area contributed by atoms with Crippen molar-refractivity contribution in [2.45, 2.75) is 25.9 Å². The van der Waals surface area contributed by atoms with Gasteiger partial charge < -0.3 is 14.6 Å². The SMILES string of the molecule is Cc1nc(-c2c[nH]c(C(=O)N(C)C[C@H]3CCCO3)c2)cs1. The molecule has 21 heavy (non-hydrogen) atoms. The van der Waals surface area contributed by atoms with Crippen molar-refractivity contribution in [1.29, 1.82) is 0 Å². The molecule has 0 unspecified atom stereocenters. The van der Waals surface area contributed by atoms with Crippen LogP contribution in [-0.4, -0.2) is 47.1 Å². The lowest BCUT2D eigenvalue weighted by atomic mass is 10.2. The lowest BCUT2D eigenvalue weighted by Gasteiger charge is -2.20. The number of likely N-dealkylation sites (N-methyl/N-ethyl adjacent to an activating group) is 1. The third-order valence-corrected chi connectivity index (χ3v) is 4.45. The lowest BCUT2D eigenvalue weighted by molar-refractivity contribution is 0.0583. The molecule has 3 rings (SSSR count). The first-order valence-electron chi connectivity index (χ1n) is 7.11. The van der Waals surface area contributed by atoms with Gasteiger partial charge in [-0.15, -0.1) is 11.3 Å². The molecular formula is C15H19N3O2S. The van der Waals surface area contributed by atoms with Crippen molar-refractivity contribution in [3.05, 3.63) is 28.3 Å². The van der Waals surface area contributed by atoms with Crippen molar-refractivity contribution < 1.29 is 9.53 Å². The maximum Gasteiger partial charge on any atom is 0.270 e. The zero-order valence-electron chi connectivity index (χ0n) is 12.3. The van der Waals surface area contributed by atoms with Gasteiger partial charge in [0.05, 0.1) is 16.8 Å². The van der Waals surface area contributed by atoms with E-state index < -0.39 is 0 Å². The molecule has 2 aromatic rings. The summed E-state index contributed by atoms with van der Waals surface area (Å²) in [7, 11) is 1.82. The highest BCUT2D eigenvalue weighted by Crippen LogP contribution is 2.23. The van der Waals surface area contributed by atoms with E-state index in [1.807, 2.05) is 31.6 Å². The molecule has 1 N–H and O–H groups in total. The summed E-state index contributed by atoms with van der Waals surface area (Å²) in [6.45, 7) is 3.42. The molecule has 1 saturated heterocycles. The Hall–Kier alpha value is -1.66. The van der Waals surface area contributed by atoms with Crippen molar-refractivity contribution in [1.82, 2.24) is 14.9 Å². The van der Waals surface area contributed by atoms with Crippen LogP contribution in [-0.2, 0) is 4.74 Å². The fourth-order valence-corrected chi connectivity index (χ4v) is 3.17. The number of carbonyl (C=O) groups is 1. The number of aryl methyl sites for hydroxylation is 1. The summed E-state index contributed by atoms with van der Waals surface area (Å²) in [5.74, 6) is -0.0105. The second-order valence-electron chi connectivity index (χ2n) is 5.37. The Kier molecular flexibility index (Phi) is 4.07. The standard InChI is InChI=1S/C15H19N3O2S/c1-10-17-14(9-21-10)11-6-13(16-7-11)15(19)18(2)8-12-4-3-5-20-12/h6-7,9,12,16H,3-5,8H2,1-2H3/t12-/m1/s1. The molecule has 1 amide bonds. The smallest absolute Gasteiger partial charge is 0.270 e. The predicted octanol–water partition coefficient (Wildman–Crippen LogP) is 2.70. The van der Waals surface area contributed by atoms with Gasteiger partial charge in [0.25, 0.3) is 5.91 Å². The number of rotatable bonds is 4. The van der Waals surface area contributed by atoms with Crippen LogP contribution in [0.4, 0.5) is 0 Å². The fraction of sp³-hybridized carbons (Fsp3) is 0.467. The molecule has 6 heteroatoms. The van der Waals surface area contributed by atoms with Crippen LogP contribution in [0.15, 0.2) is 17.6 Å². The van der Waals surface area contributed by atoms with Crippen LogP contribution >= 0.6 is 11.3 Å². The van der Waals surface area contributed by atoms with Gasteiger partial charge in [-0.3, -0.25) is 4.79 Å². The molecule has 3 heterocycles. The molecule has 5 nitrogen and oxygen atoms in total. The summed E-state index contributed by atoms with van der Waals surface area (Å²) in [4.78, 5) is 21.6. The second-order valence-corrected chi connectivity index (χ2v) is 6.44. The third kappa shape index (κ3) is 3.16. The summed E-state index contributed by atoms with van der Waals surface area (Å²) >= 11 is 1.61.